The summed E-state index contributed by atoms with van der Waals surface area (Å²) in [5.41, 5.74) is 5.81. The van der Waals surface area contributed by atoms with Crippen molar-refractivity contribution in [3.8, 4) is 0 Å². The van der Waals surface area contributed by atoms with Gasteiger partial charge in [0.2, 0.25) is 11.6 Å². The molecule has 0 saturated carbocycles. The molecule has 1 amide bonds. The number of nitrogens with zero attached hydrogens (tertiary/aromatic N) is 4. The fourth-order valence-corrected chi connectivity index (χ4v) is 2.85. The lowest BCUT2D eigenvalue weighted by Gasteiger charge is -2.19. The number of carbonyl (C=O) groups is 1. The third-order valence-corrected chi connectivity index (χ3v) is 4.23. The van der Waals surface area contributed by atoms with Gasteiger partial charge in [-0.25, -0.2) is 9.97 Å². The van der Waals surface area contributed by atoms with Crippen LogP contribution in [-0.2, 0) is 6.54 Å². The van der Waals surface area contributed by atoms with E-state index in [1.165, 1.54) is 12.4 Å². The number of hydrazine groups is 1. The molecule has 0 aliphatic carbocycles. The van der Waals surface area contributed by atoms with Crippen LogP contribution in [0.5, 0.6) is 0 Å². The Morgan fingerprint density at radius 2 is 1.93 bits per heavy atom. The van der Waals surface area contributed by atoms with Crippen LogP contribution in [0.2, 0.25) is 5.02 Å². The minimum absolute atomic E-state index is 0.119. The van der Waals surface area contributed by atoms with Gasteiger partial charge in [-0.1, -0.05) is 48.0 Å². The largest absolute Gasteiger partial charge is 0.355 e. The molecule has 2 N–H and O–H groups in total. The monoisotopic (exact) mass is 412 g/mol. The second-order valence-electron chi connectivity index (χ2n) is 6.08. The molecular weight excluding hydrogens is 396 g/mol. The fourth-order valence-electron chi connectivity index (χ4n) is 2.66. The van der Waals surface area contributed by atoms with E-state index in [4.69, 9.17) is 11.6 Å². The third-order valence-electron chi connectivity index (χ3n) is 3.99. The zero-order chi connectivity index (χ0) is 20.8. The van der Waals surface area contributed by atoms with E-state index in [9.17, 15) is 14.9 Å². The van der Waals surface area contributed by atoms with Crippen LogP contribution in [0, 0.1) is 10.1 Å². The molecule has 2 aromatic carbocycles. The Bertz CT molecular complexity index is 1030. The van der Waals surface area contributed by atoms with E-state index in [0.29, 0.717) is 17.1 Å². The Labute approximate surface area is 171 Å². The van der Waals surface area contributed by atoms with E-state index < -0.39 is 10.8 Å². The molecule has 3 aromatic rings. The molecule has 1 heterocycles. The number of nitrogens with one attached hydrogen (secondary N) is 2. The van der Waals surface area contributed by atoms with Crippen LogP contribution in [0.15, 0.2) is 60.9 Å². The Hall–Kier alpha value is -3.72. The third kappa shape index (κ3) is 4.96. The van der Waals surface area contributed by atoms with Crippen LogP contribution in [0.4, 0.5) is 17.3 Å². The molecule has 10 heteroatoms. The second-order valence-corrected chi connectivity index (χ2v) is 6.52. The van der Waals surface area contributed by atoms with Crippen molar-refractivity contribution in [2.24, 2.45) is 0 Å². The van der Waals surface area contributed by atoms with Gasteiger partial charge in [0, 0.05) is 24.2 Å². The van der Waals surface area contributed by atoms with Gasteiger partial charge in [0.1, 0.15) is 6.33 Å². The number of benzene rings is 2. The Morgan fingerprint density at radius 1 is 1.17 bits per heavy atom. The van der Waals surface area contributed by atoms with Crippen LogP contribution in [0.1, 0.15) is 15.9 Å². The molecule has 0 bridgehead atoms. The van der Waals surface area contributed by atoms with Crippen molar-refractivity contribution >= 4 is 34.8 Å². The SMILES string of the molecule is CN(Cc1ccccc1)c1ncnc(NNC(=O)c2cccc(Cl)c2)c1[N+](=O)[O-]. The summed E-state index contributed by atoms with van der Waals surface area (Å²) < 4.78 is 0. The molecule has 0 unspecified atom stereocenters. The van der Waals surface area contributed by atoms with Gasteiger partial charge < -0.3 is 4.90 Å². The predicted molar refractivity (Wildman–Crippen MR) is 110 cm³/mol. The van der Waals surface area contributed by atoms with Gasteiger partial charge in [-0.3, -0.25) is 25.8 Å². The number of anilines is 2. The highest BCUT2D eigenvalue weighted by molar-refractivity contribution is 6.30. The lowest BCUT2D eigenvalue weighted by atomic mass is 10.2. The highest BCUT2D eigenvalue weighted by Crippen LogP contribution is 2.31. The smallest absolute Gasteiger partial charge is 0.349 e. The van der Waals surface area contributed by atoms with E-state index in [2.05, 4.69) is 20.8 Å². The zero-order valence-corrected chi connectivity index (χ0v) is 16.1. The maximum atomic E-state index is 12.3. The lowest BCUT2D eigenvalue weighted by molar-refractivity contribution is -0.383. The van der Waals surface area contributed by atoms with Gasteiger partial charge in [-0.2, -0.15) is 0 Å². The minimum atomic E-state index is -0.593. The van der Waals surface area contributed by atoms with Crippen molar-refractivity contribution in [2.75, 3.05) is 17.4 Å². The second kappa shape index (κ2) is 8.98. The molecular formula is C19H17ClN6O3. The van der Waals surface area contributed by atoms with Gasteiger partial charge in [0.25, 0.3) is 5.91 Å². The first kappa shape index (κ1) is 20.0. The Balaban J connectivity index is 1.81. The van der Waals surface area contributed by atoms with Crippen molar-refractivity contribution < 1.29 is 9.72 Å². The Morgan fingerprint density at radius 3 is 2.62 bits per heavy atom. The highest BCUT2D eigenvalue weighted by Gasteiger charge is 2.26. The van der Waals surface area contributed by atoms with E-state index in [0.717, 1.165) is 5.56 Å². The van der Waals surface area contributed by atoms with E-state index >= 15 is 0 Å². The molecule has 9 nitrogen and oxygen atoms in total. The van der Waals surface area contributed by atoms with Crippen LogP contribution >= 0.6 is 11.6 Å². The molecule has 0 fully saturated rings. The summed E-state index contributed by atoms with van der Waals surface area (Å²) in [4.78, 5) is 32.9. The van der Waals surface area contributed by atoms with Crippen molar-refractivity contribution in [1.82, 2.24) is 15.4 Å². The van der Waals surface area contributed by atoms with Gasteiger partial charge in [0.05, 0.1) is 4.92 Å². The van der Waals surface area contributed by atoms with Crippen molar-refractivity contribution in [2.45, 2.75) is 6.54 Å². The number of hydrogen-bond donors (Lipinski definition) is 2. The molecule has 1 aromatic heterocycles. The molecule has 0 saturated heterocycles. The number of halogens is 1. The first-order valence-electron chi connectivity index (χ1n) is 8.52. The normalized spacial score (nSPS) is 10.3. The molecule has 3 rings (SSSR count). The summed E-state index contributed by atoms with van der Waals surface area (Å²) in [6.45, 7) is 0.410. The van der Waals surface area contributed by atoms with Crippen LogP contribution in [-0.4, -0.2) is 27.8 Å². The number of rotatable bonds is 7. The van der Waals surface area contributed by atoms with Crippen molar-refractivity contribution in [1.29, 1.82) is 0 Å². The van der Waals surface area contributed by atoms with Gasteiger partial charge >= 0.3 is 5.69 Å². The van der Waals surface area contributed by atoms with E-state index in [1.807, 2.05) is 30.3 Å². The van der Waals surface area contributed by atoms with Gasteiger partial charge in [-0.05, 0) is 23.8 Å². The molecule has 0 spiro atoms. The molecule has 0 aliphatic heterocycles. The van der Waals surface area contributed by atoms with Crippen LogP contribution in [0.25, 0.3) is 0 Å². The summed E-state index contributed by atoms with van der Waals surface area (Å²) in [5.74, 6) is -0.525. The number of nitro groups is 1. The fraction of sp³-hybridized carbons (Fsp3) is 0.105. The summed E-state index contributed by atoms with van der Waals surface area (Å²) in [6, 6.07) is 15.8. The quantitative estimate of drug-likeness (QED) is 0.451. The number of amides is 1. The van der Waals surface area contributed by atoms with Crippen molar-refractivity contribution in [3.63, 3.8) is 0 Å². The maximum Gasteiger partial charge on any atom is 0.355 e. The average Bonchev–Trinajstić information content (AvgIpc) is 2.72. The summed E-state index contributed by atoms with van der Waals surface area (Å²) in [7, 11) is 1.69. The van der Waals surface area contributed by atoms with Gasteiger partial charge in [-0.15, -0.1) is 0 Å². The maximum absolute atomic E-state index is 12.3. The average molecular weight is 413 g/mol. The van der Waals surface area contributed by atoms with E-state index in [1.54, 1.807) is 30.1 Å². The lowest BCUT2D eigenvalue weighted by Crippen LogP contribution is -2.30. The topological polar surface area (TPSA) is 113 Å². The predicted octanol–water partition coefficient (Wildman–Crippen LogP) is 3.43. The molecule has 0 atom stereocenters. The molecule has 0 aliphatic rings. The highest BCUT2D eigenvalue weighted by atomic mass is 35.5. The summed E-state index contributed by atoms with van der Waals surface area (Å²) in [6.07, 6.45) is 1.19. The van der Waals surface area contributed by atoms with Crippen LogP contribution in [0.3, 0.4) is 0 Å². The number of aromatic nitrogens is 2. The van der Waals surface area contributed by atoms with Gasteiger partial charge in [0.15, 0.2) is 0 Å². The molecule has 148 valence electrons. The van der Waals surface area contributed by atoms with Crippen LogP contribution < -0.4 is 15.8 Å². The Kier molecular flexibility index (Phi) is 6.20. The van der Waals surface area contributed by atoms with Crippen molar-refractivity contribution in [3.05, 3.63) is 87.2 Å². The van der Waals surface area contributed by atoms with E-state index in [-0.39, 0.29) is 17.3 Å². The standard InChI is InChI=1S/C19H17ClN6O3/c1-25(11-13-6-3-2-4-7-13)18-16(26(28)29)17(21-12-22-18)23-24-19(27)14-8-5-9-15(20)10-14/h2-10,12H,11H2,1H3,(H,24,27)(H,21,22,23). The first-order valence-corrected chi connectivity index (χ1v) is 8.90. The summed E-state index contributed by atoms with van der Waals surface area (Å²) in [5, 5.41) is 12.1. The molecule has 29 heavy (non-hydrogen) atoms. The number of carbonyl (C=O) groups excluding carboxylic acids is 1. The zero-order valence-electron chi connectivity index (χ0n) is 15.4. The minimum Gasteiger partial charge on any atom is -0.349 e. The molecule has 0 radical (unpaired) electrons. The summed E-state index contributed by atoms with van der Waals surface area (Å²) >= 11 is 5.88. The first-order chi connectivity index (χ1) is 14.0. The number of hydrogen-bond acceptors (Lipinski definition) is 7.